The molecule has 0 fully saturated rings. The van der Waals surface area contributed by atoms with Gasteiger partial charge in [-0.15, -0.1) is 4.40 Å². The Morgan fingerprint density at radius 2 is 1.93 bits per heavy atom. The van der Waals surface area contributed by atoms with Crippen LogP contribution >= 0.6 is 0 Å². The van der Waals surface area contributed by atoms with Gasteiger partial charge in [0, 0.05) is 18.4 Å². The molecule has 0 radical (unpaired) electrons. The van der Waals surface area contributed by atoms with Crippen LogP contribution in [0.4, 0.5) is 5.69 Å². The van der Waals surface area contributed by atoms with E-state index in [1.54, 1.807) is 4.90 Å². The Kier molecular flexibility index (Phi) is 6.12. The molecule has 0 saturated carbocycles. The lowest BCUT2D eigenvalue weighted by Crippen LogP contribution is -2.37. The van der Waals surface area contributed by atoms with Crippen LogP contribution in [0.5, 0.6) is 0 Å². The van der Waals surface area contributed by atoms with E-state index < -0.39 is 28.0 Å². The number of esters is 1. The quantitative estimate of drug-likeness (QED) is 0.718. The first-order chi connectivity index (χ1) is 14.1. The summed E-state index contributed by atoms with van der Waals surface area (Å²) >= 11 is 0. The SMILES string of the molecule is Cc1cccc(C(C)C)c1NC(=O)[C@H](C)OC(=O)C1=CN2CCS(=O)(=O)N=C2C=C1. The number of amides is 1. The van der Waals surface area contributed by atoms with Crippen LogP contribution in [0.25, 0.3) is 0 Å². The first kappa shape index (κ1) is 21.8. The second-order valence-corrected chi connectivity index (χ2v) is 9.33. The van der Waals surface area contributed by atoms with E-state index in [9.17, 15) is 18.0 Å². The summed E-state index contributed by atoms with van der Waals surface area (Å²) in [6.45, 7) is 7.70. The summed E-state index contributed by atoms with van der Waals surface area (Å²) in [5, 5.41) is 2.87. The lowest BCUT2D eigenvalue weighted by Gasteiger charge is -2.27. The van der Waals surface area contributed by atoms with Gasteiger partial charge in [-0.2, -0.15) is 0 Å². The summed E-state index contributed by atoms with van der Waals surface area (Å²) in [6.07, 6.45) is 3.35. The van der Waals surface area contributed by atoms with Gasteiger partial charge < -0.3 is 15.0 Å². The zero-order valence-corrected chi connectivity index (χ0v) is 18.2. The number of fused-ring (bicyclic) bond motifs is 1. The number of nitrogens with zero attached hydrogens (tertiary/aromatic N) is 2. The van der Waals surface area contributed by atoms with Gasteiger partial charge in [-0.25, -0.2) is 13.2 Å². The molecular formula is C21H25N3O5S. The van der Waals surface area contributed by atoms with Crippen molar-refractivity contribution in [1.29, 1.82) is 0 Å². The smallest absolute Gasteiger partial charge is 0.340 e. The molecule has 1 amide bonds. The minimum atomic E-state index is -3.47. The van der Waals surface area contributed by atoms with E-state index in [4.69, 9.17) is 4.74 Å². The van der Waals surface area contributed by atoms with E-state index in [0.29, 0.717) is 0 Å². The molecule has 160 valence electrons. The number of carbonyl (C=O) groups is 2. The second-order valence-electron chi connectivity index (χ2n) is 7.58. The zero-order valence-electron chi connectivity index (χ0n) is 17.4. The third kappa shape index (κ3) is 4.79. The van der Waals surface area contributed by atoms with Crippen LogP contribution in [0, 0.1) is 6.92 Å². The fraction of sp³-hybridized carbons (Fsp3) is 0.381. The average molecular weight is 432 g/mol. The Morgan fingerprint density at radius 3 is 2.63 bits per heavy atom. The van der Waals surface area contributed by atoms with Crippen LogP contribution in [0.3, 0.4) is 0 Å². The maximum absolute atomic E-state index is 12.6. The third-order valence-electron chi connectivity index (χ3n) is 4.89. The van der Waals surface area contributed by atoms with Crippen molar-refractivity contribution in [3.05, 3.63) is 53.3 Å². The van der Waals surface area contributed by atoms with Crippen LogP contribution in [0.15, 0.2) is 46.5 Å². The molecular weight excluding hydrogens is 406 g/mol. The van der Waals surface area contributed by atoms with Gasteiger partial charge in [0.05, 0.1) is 11.3 Å². The molecule has 3 rings (SSSR count). The average Bonchev–Trinajstić information content (AvgIpc) is 2.68. The second kappa shape index (κ2) is 8.43. The van der Waals surface area contributed by atoms with Crippen molar-refractivity contribution in [3.8, 4) is 0 Å². The molecule has 0 saturated heterocycles. The number of benzene rings is 1. The topological polar surface area (TPSA) is 105 Å². The van der Waals surface area contributed by atoms with Crippen LogP contribution in [0.1, 0.15) is 37.8 Å². The highest BCUT2D eigenvalue weighted by Gasteiger charge is 2.27. The number of amidine groups is 1. The van der Waals surface area contributed by atoms with Crippen molar-refractivity contribution < 1.29 is 22.7 Å². The number of sulfonamides is 1. The number of carbonyl (C=O) groups excluding carboxylic acids is 2. The largest absolute Gasteiger partial charge is 0.449 e. The molecule has 0 aliphatic carbocycles. The molecule has 0 spiro atoms. The van der Waals surface area contributed by atoms with Crippen molar-refractivity contribution >= 4 is 33.4 Å². The predicted octanol–water partition coefficient (Wildman–Crippen LogP) is 2.49. The molecule has 0 aromatic heterocycles. The van der Waals surface area contributed by atoms with Gasteiger partial charge in [0.2, 0.25) is 0 Å². The van der Waals surface area contributed by atoms with Crippen LogP contribution < -0.4 is 5.32 Å². The molecule has 9 heteroatoms. The van der Waals surface area contributed by atoms with E-state index in [1.165, 1.54) is 25.3 Å². The highest BCUT2D eigenvalue weighted by molar-refractivity contribution is 7.90. The van der Waals surface area contributed by atoms with Crippen LogP contribution in [-0.4, -0.2) is 49.4 Å². The van der Waals surface area contributed by atoms with Gasteiger partial charge in [-0.05, 0) is 43.0 Å². The lowest BCUT2D eigenvalue weighted by atomic mass is 9.98. The molecule has 2 aliphatic rings. The summed E-state index contributed by atoms with van der Waals surface area (Å²) in [7, 11) is -3.47. The standard InChI is InChI=1S/C21H25N3O5S/c1-13(2)17-7-5-6-14(3)19(17)22-20(25)15(4)29-21(26)16-8-9-18-23-30(27,28)11-10-24(18)12-16/h5-9,12-13,15H,10-11H2,1-4H3,(H,22,25)/t15-/m0/s1. The zero-order chi connectivity index (χ0) is 22.1. The first-order valence-corrected chi connectivity index (χ1v) is 11.3. The number of hydrogen-bond acceptors (Lipinski definition) is 6. The summed E-state index contributed by atoms with van der Waals surface area (Å²) in [4.78, 5) is 26.7. The summed E-state index contributed by atoms with van der Waals surface area (Å²) < 4.78 is 32.1. The summed E-state index contributed by atoms with van der Waals surface area (Å²) in [6, 6.07) is 5.81. The molecule has 0 bridgehead atoms. The normalized spacial score (nSPS) is 18.2. The van der Waals surface area contributed by atoms with Gasteiger partial charge in [0.1, 0.15) is 5.84 Å². The van der Waals surface area contributed by atoms with E-state index >= 15 is 0 Å². The third-order valence-corrected chi connectivity index (χ3v) is 6.05. The van der Waals surface area contributed by atoms with E-state index in [0.717, 1.165) is 16.8 Å². The van der Waals surface area contributed by atoms with Gasteiger partial charge in [0.15, 0.2) is 6.10 Å². The molecule has 8 nitrogen and oxygen atoms in total. The van der Waals surface area contributed by atoms with E-state index in [1.807, 2.05) is 39.0 Å². The number of nitrogens with one attached hydrogen (secondary N) is 1. The van der Waals surface area contributed by atoms with Crippen molar-refractivity contribution in [2.24, 2.45) is 4.40 Å². The number of hydrogen-bond donors (Lipinski definition) is 1. The van der Waals surface area contributed by atoms with E-state index in [2.05, 4.69) is 9.71 Å². The fourth-order valence-electron chi connectivity index (χ4n) is 3.17. The predicted molar refractivity (Wildman–Crippen MR) is 115 cm³/mol. The lowest BCUT2D eigenvalue weighted by molar-refractivity contribution is -0.149. The van der Waals surface area contributed by atoms with Crippen LogP contribution in [0.2, 0.25) is 0 Å². The summed E-state index contributed by atoms with van der Waals surface area (Å²) in [5.74, 6) is -0.748. The maximum atomic E-state index is 12.6. The maximum Gasteiger partial charge on any atom is 0.340 e. The van der Waals surface area contributed by atoms with Crippen LogP contribution in [-0.2, 0) is 24.3 Å². The summed E-state index contributed by atoms with van der Waals surface area (Å²) in [5.41, 5.74) is 2.88. The van der Waals surface area contributed by atoms with Gasteiger partial charge in [-0.1, -0.05) is 32.0 Å². The molecule has 2 heterocycles. The number of rotatable bonds is 5. The van der Waals surface area contributed by atoms with Crippen molar-refractivity contribution in [2.45, 2.75) is 39.7 Å². The Labute approximate surface area is 176 Å². The van der Waals surface area contributed by atoms with Gasteiger partial charge >= 0.3 is 5.97 Å². The van der Waals surface area contributed by atoms with Crippen molar-refractivity contribution in [3.63, 3.8) is 0 Å². The molecule has 30 heavy (non-hydrogen) atoms. The Bertz CT molecular complexity index is 1070. The number of ether oxygens (including phenoxy) is 1. The first-order valence-electron chi connectivity index (χ1n) is 9.68. The molecule has 1 N–H and O–H groups in total. The van der Waals surface area contributed by atoms with Gasteiger partial charge in [0.25, 0.3) is 15.9 Å². The molecule has 1 aromatic carbocycles. The highest BCUT2D eigenvalue weighted by Crippen LogP contribution is 2.27. The monoisotopic (exact) mass is 431 g/mol. The molecule has 2 aliphatic heterocycles. The fourth-order valence-corrected chi connectivity index (χ4v) is 4.14. The molecule has 1 aromatic rings. The highest BCUT2D eigenvalue weighted by atomic mass is 32.2. The van der Waals surface area contributed by atoms with Gasteiger partial charge in [-0.3, -0.25) is 4.79 Å². The number of anilines is 1. The van der Waals surface area contributed by atoms with E-state index in [-0.39, 0.29) is 29.6 Å². The van der Waals surface area contributed by atoms with Crippen molar-refractivity contribution in [1.82, 2.24) is 4.90 Å². The van der Waals surface area contributed by atoms with Crippen molar-refractivity contribution in [2.75, 3.05) is 17.6 Å². The Hall–Kier alpha value is -2.94. The molecule has 0 unspecified atom stereocenters. The Morgan fingerprint density at radius 1 is 1.20 bits per heavy atom. The number of para-hydroxylation sites is 1. The number of aryl methyl sites for hydroxylation is 1. The molecule has 1 atom stereocenters. The minimum absolute atomic E-state index is 0.128. The minimum Gasteiger partial charge on any atom is -0.449 e. The Balaban J connectivity index is 1.68.